The zero-order valence-corrected chi connectivity index (χ0v) is 10.5. The minimum Gasteiger partial charge on any atom is -0.394 e. The fraction of sp³-hybridized carbons (Fsp3) is 0.417. The molecule has 17 heavy (non-hydrogen) atoms. The average molecular weight is 258 g/mol. The number of rotatable bonds is 6. The molecule has 0 saturated heterocycles. The maximum atomic E-state index is 11.8. The molecule has 0 atom stereocenters. The molecule has 0 bridgehead atoms. The van der Waals surface area contributed by atoms with E-state index in [1.165, 1.54) is 0 Å². The van der Waals surface area contributed by atoms with Crippen molar-refractivity contribution in [2.45, 2.75) is 6.92 Å². The molecule has 1 amide bonds. The monoisotopic (exact) mass is 257 g/mol. The lowest BCUT2D eigenvalue weighted by Crippen LogP contribution is -2.28. The van der Waals surface area contributed by atoms with Crippen molar-refractivity contribution in [1.82, 2.24) is 5.32 Å². The van der Waals surface area contributed by atoms with E-state index < -0.39 is 0 Å². The highest BCUT2D eigenvalue weighted by Crippen LogP contribution is 2.15. The molecule has 0 aliphatic carbocycles. The number of nitrogens with one attached hydrogen (secondary N) is 1. The highest BCUT2D eigenvalue weighted by atomic mass is 35.5. The summed E-state index contributed by atoms with van der Waals surface area (Å²) in [6.45, 7) is 2.91. The van der Waals surface area contributed by atoms with Gasteiger partial charge < -0.3 is 15.2 Å². The maximum absolute atomic E-state index is 11.8. The Hall–Kier alpha value is -1.10. The first kappa shape index (κ1) is 14.0. The van der Waals surface area contributed by atoms with Crippen molar-refractivity contribution in [1.29, 1.82) is 0 Å². The van der Waals surface area contributed by atoms with E-state index in [9.17, 15) is 4.79 Å². The molecule has 0 aliphatic heterocycles. The Labute approximate surface area is 106 Å². The summed E-state index contributed by atoms with van der Waals surface area (Å²) in [5.41, 5.74) is 1.45. The standard InChI is InChI=1S/C12H16ClNO3/c1-9-2-3-10(13)8-11(9)12(16)14-4-6-17-7-5-15/h2-3,8,15H,4-7H2,1H3,(H,14,16). The quantitative estimate of drug-likeness (QED) is 0.757. The van der Waals surface area contributed by atoms with Crippen molar-refractivity contribution in [3.8, 4) is 0 Å². The van der Waals surface area contributed by atoms with Crippen LogP contribution in [-0.2, 0) is 4.74 Å². The lowest BCUT2D eigenvalue weighted by molar-refractivity contribution is 0.0837. The highest BCUT2D eigenvalue weighted by molar-refractivity contribution is 6.31. The summed E-state index contributed by atoms with van der Waals surface area (Å²) in [6.07, 6.45) is 0. The van der Waals surface area contributed by atoms with Crippen molar-refractivity contribution < 1.29 is 14.6 Å². The average Bonchev–Trinajstić information content (AvgIpc) is 2.32. The van der Waals surface area contributed by atoms with E-state index >= 15 is 0 Å². The number of halogens is 1. The van der Waals surface area contributed by atoms with Gasteiger partial charge in [0.15, 0.2) is 0 Å². The van der Waals surface area contributed by atoms with Gasteiger partial charge >= 0.3 is 0 Å². The number of aliphatic hydroxyl groups excluding tert-OH is 1. The fourth-order valence-corrected chi connectivity index (χ4v) is 1.51. The zero-order chi connectivity index (χ0) is 12.7. The molecule has 0 radical (unpaired) electrons. The summed E-state index contributed by atoms with van der Waals surface area (Å²) < 4.78 is 5.03. The summed E-state index contributed by atoms with van der Waals surface area (Å²) in [5, 5.41) is 11.8. The van der Waals surface area contributed by atoms with Crippen LogP contribution in [0.2, 0.25) is 5.02 Å². The Balaban J connectivity index is 2.44. The summed E-state index contributed by atoms with van der Waals surface area (Å²) >= 11 is 5.83. The number of hydrogen-bond donors (Lipinski definition) is 2. The summed E-state index contributed by atoms with van der Waals surface area (Å²) in [4.78, 5) is 11.8. The predicted octanol–water partition coefficient (Wildman–Crippen LogP) is 1.39. The van der Waals surface area contributed by atoms with Gasteiger partial charge in [-0.3, -0.25) is 4.79 Å². The number of carbonyl (C=O) groups excluding carboxylic acids is 1. The fourth-order valence-electron chi connectivity index (χ4n) is 1.34. The third-order valence-corrected chi connectivity index (χ3v) is 2.45. The van der Waals surface area contributed by atoms with Crippen molar-refractivity contribution in [3.05, 3.63) is 34.3 Å². The van der Waals surface area contributed by atoms with E-state index in [-0.39, 0.29) is 19.1 Å². The number of amides is 1. The smallest absolute Gasteiger partial charge is 0.251 e. The summed E-state index contributed by atoms with van der Waals surface area (Å²) in [7, 11) is 0. The number of ether oxygens (including phenoxy) is 1. The van der Waals surface area contributed by atoms with Gasteiger partial charge in [-0.05, 0) is 24.6 Å². The number of carbonyl (C=O) groups is 1. The molecule has 1 aromatic rings. The third kappa shape index (κ3) is 4.73. The Morgan fingerprint density at radius 3 is 2.94 bits per heavy atom. The number of aryl methyl sites for hydroxylation is 1. The minimum absolute atomic E-state index is 0.0126. The Morgan fingerprint density at radius 1 is 1.47 bits per heavy atom. The summed E-state index contributed by atoms with van der Waals surface area (Å²) in [6, 6.07) is 5.19. The van der Waals surface area contributed by atoms with Gasteiger partial charge in [0.05, 0.1) is 19.8 Å². The van der Waals surface area contributed by atoms with E-state index in [1.807, 2.05) is 6.92 Å². The molecule has 4 nitrogen and oxygen atoms in total. The Morgan fingerprint density at radius 2 is 2.24 bits per heavy atom. The molecule has 0 fully saturated rings. The van der Waals surface area contributed by atoms with Gasteiger partial charge in [-0.25, -0.2) is 0 Å². The van der Waals surface area contributed by atoms with Crippen LogP contribution in [0.15, 0.2) is 18.2 Å². The molecule has 1 rings (SSSR count). The van der Waals surface area contributed by atoms with Crippen LogP contribution in [0.4, 0.5) is 0 Å². The lowest BCUT2D eigenvalue weighted by atomic mass is 10.1. The van der Waals surface area contributed by atoms with Crippen LogP contribution in [0.5, 0.6) is 0 Å². The molecule has 0 aliphatic rings. The van der Waals surface area contributed by atoms with Gasteiger partial charge in [0.25, 0.3) is 5.91 Å². The molecular weight excluding hydrogens is 242 g/mol. The van der Waals surface area contributed by atoms with Crippen LogP contribution in [-0.4, -0.2) is 37.4 Å². The van der Waals surface area contributed by atoms with Crippen LogP contribution >= 0.6 is 11.6 Å². The first-order valence-corrected chi connectivity index (χ1v) is 5.76. The van der Waals surface area contributed by atoms with E-state index in [1.54, 1.807) is 18.2 Å². The molecule has 94 valence electrons. The molecule has 0 aromatic heterocycles. The van der Waals surface area contributed by atoms with Crippen LogP contribution < -0.4 is 5.32 Å². The van der Waals surface area contributed by atoms with E-state index in [4.69, 9.17) is 21.4 Å². The SMILES string of the molecule is Cc1ccc(Cl)cc1C(=O)NCCOCCO. The van der Waals surface area contributed by atoms with E-state index in [2.05, 4.69) is 5.32 Å². The number of aliphatic hydroxyl groups is 1. The van der Waals surface area contributed by atoms with E-state index in [0.29, 0.717) is 23.7 Å². The summed E-state index contributed by atoms with van der Waals surface area (Å²) in [5.74, 6) is -0.169. The maximum Gasteiger partial charge on any atom is 0.251 e. The predicted molar refractivity (Wildman–Crippen MR) is 66.4 cm³/mol. The highest BCUT2D eigenvalue weighted by Gasteiger charge is 2.08. The first-order chi connectivity index (χ1) is 8.15. The molecule has 0 spiro atoms. The van der Waals surface area contributed by atoms with Gasteiger partial charge in [-0.2, -0.15) is 0 Å². The molecular formula is C12H16ClNO3. The second-order valence-electron chi connectivity index (χ2n) is 3.55. The van der Waals surface area contributed by atoms with Crippen molar-refractivity contribution >= 4 is 17.5 Å². The minimum atomic E-state index is -0.169. The topological polar surface area (TPSA) is 58.6 Å². The molecule has 0 unspecified atom stereocenters. The lowest BCUT2D eigenvalue weighted by Gasteiger charge is -2.08. The van der Waals surface area contributed by atoms with Crippen molar-refractivity contribution in [3.63, 3.8) is 0 Å². The van der Waals surface area contributed by atoms with Crippen LogP contribution in [0.25, 0.3) is 0 Å². The third-order valence-electron chi connectivity index (χ3n) is 2.21. The van der Waals surface area contributed by atoms with E-state index in [0.717, 1.165) is 5.56 Å². The Bertz CT molecular complexity index is 382. The van der Waals surface area contributed by atoms with Gasteiger partial charge in [-0.1, -0.05) is 17.7 Å². The molecule has 0 saturated carbocycles. The van der Waals surface area contributed by atoms with Crippen molar-refractivity contribution in [2.24, 2.45) is 0 Å². The molecule has 0 heterocycles. The second-order valence-corrected chi connectivity index (χ2v) is 3.99. The van der Waals surface area contributed by atoms with Gasteiger partial charge in [0.1, 0.15) is 0 Å². The van der Waals surface area contributed by atoms with Crippen LogP contribution in [0.3, 0.4) is 0 Å². The van der Waals surface area contributed by atoms with Crippen molar-refractivity contribution in [2.75, 3.05) is 26.4 Å². The number of hydrogen-bond acceptors (Lipinski definition) is 3. The van der Waals surface area contributed by atoms with Gasteiger partial charge in [0, 0.05) is 17.1 Å². The van der Waals surface area contributed by atoms with Crippen LogP contribution in [0, 0.1) is 6.92 Å². The first-order valence-electron chi connectivity index (χ1n) is 5.38. The molecule has 2 N–H and O–H groups in total. The van der Waals surface area contributed by atoms with Crippen LogP contribution in [0.1, 0.15) is 15.9 Å². The largest absolute Gasteiger partial charge is 0.394 e. The zero-order valence-electron chi connectivity index (χ0n) is 9.70. The second kappa shape index (κ2) is 7.27. The van der Waals surface area contributed by atoms with Gasteiger partial charge in [-0.15, -0.1) is 0 Å². The normalized spacial score (nSPS) is 10.3. The molecule has 1 aromatic carbocycles. The van der Waals surface area contributed by atoms with Gasteiger partial charge in [0.2, 0.25) is 0 Å². The Kier molecular flexibility index (Phi) is 5.97. The molecule has 5 heteroatoms. The number of benzene rings is 1.